The Morgan fingerprint density at radius 3 is 2.74 bits per heavy atom. The Bertz CT molecular complexity index is 1540. The summed E-state index contributed by atoms with van der Waals surface area (Å²) in [5, 5.41) is 12.9. The van der Waals surface area contributed by atoms with Crippen LogP contribution in [-0.2, 0) is 13.1 Å². The molecule has 0 saturated heterocycles. The number of aromatic nitrogens is 3. The molecule has 1 aliphatic rings. The average Bonchev–Trinajstić information content (AvgIpc) is 3.34. The Hall–Kier alpha value is -4.86. The molecule has 0 aliphatic carbocycles. The summed E-state index contributed by atoms with van der Waals surface area (Å²) in [7, 11) is 0. The maximum Gasteiger partial charge on any atom is 0.294 e. The van der Waals surface area contributed by atoms with Crippen molar-refractivity contribution < 1.29 is 19.4 Å². The number of H-pyrrole nitrogens is 1. The molecular formula is C25H20N4O6. The summed E-state index contributed by atoms with van der Waals surface area (Å²) in [5.41, 5.74) is 0.683. The molecular weight excluding hydrogens is 452 g/mol. The Labute approximate surface area is 198 Å². The first-order valence-corrected chi connectivity index (χ1v) is 10.7. The minimum Gasteiger partial charge on any atom is -0.501 e. The molecule has 2 aromatic heterocycles. The number of benzene rings is 2. The van der Waals surface area contributed by atoms with E-state index in [4.69, 9.17) is 9.47 Å². The zero-order chi connectivity index (χ0) is 24.4. The van der Waals surface area contributed by atoms with Gasteiger partial charge in [0.05, 0.1) is 6.54 Å². The van der Waals surface area contributed by atoms with Crippen molar-refractivity contribution in [3.63, 3.8) is 0 Å². The lowest BCUT2D eigenvalue weighted by atomic mass is 10.1. The van der Waals surface area contributed by atoms with E-state index < -0.39 is 22.9 Å². The van der Waals surface area contributed by atoms with Gasteiger partial charge in [0.25, 0.3) is 17.0 Å². The molecule has 0 saturated carbocycles. The fraction of sp³-hybridized carbons (Fsp3) is 0.120. The number of ether oxygens (including phenoxy) is 2. The number of aromatic hydroxyl groups is 1. The van der Waals surface area contributed by atoms with Crippen LogP contribution in [0.25, 0.3) is 11.4 Å². The van der Waals surface area contributed by atoms with Gasteiger partial charge >= 0.3 is 0 Å². The van der Waals surface area contributed by atoms with Gasteiger partial charge in [0.15, 0.2) is 17.2 Å². The van der Waals surface area contributed by atoms with Crippen LogP contribution in [0.1, 0.15) is 21.6 Å². The third kappa shape index (κ3) is 4.62. The van der Waals surface area contributed by atoms with Crippen molar-refractivity contribution in [1.82, 2.24) is 19.9 Å². The quantitative estimate of drug-likeness (QED) is 0.391. The standard InChI is InChI=1S/C25H20N4O6/c30-20-6-1-2-9-29(20)13-16-4-3-5-17(10-16)23-27-21(22(31)25(33)28-23)24(32)26-12-15-7-8-18-19(11-15)35-14-34-18/h1-11,31H,12-14H2,(H,26,32)(H,27,28,33). The van der Waals surface area contributed by atoms with E-state index in [9.17, 15) is 19.5 Å². The topological polar surface area (TPSA) is 136 Å². The first kappa shape index (κ1) is 22.0. The zero-order valence-electron chi connectivity index (χ0n) is 18.4. The molecule has 1 amide bonds. The van der Waals surface area contributed by atoms with Gasteiger partial charge in [-0.05, 0) is 35.4 Å². The molecule has 1 aliphatic heterocycles. The second-order valence-corrected chi connectivity index (χ2v) is 7.85. The Morgan fingerprint density at radius 1 is 1.03 bits per heavy atom. The maximum atomic E-state index is 12.8. The van der Waals surface area contributed by atoms with Gasteiger partial charge in [0.1, 0.15) is 5.82 Å². The van der Waals surface area contributed by atoms with E-state index in [1.54, 1.807) is 59.3 Å². The predicted octanol–water partition coefficient (Wildman–Crippen LogP) is 2.01. The van der Waals surface area contributed by atoms with Crippen molar-refractivity contribution in [1.29, 1.82) is 0 Å². The molecule has 0 radical (unpaired) electrons. The zero-order valence-corrected chi connectivity index (χ0v) is 18.4. The van der Waals surface area contributed by atoms with Gasteiger partial charge in [-0.25, -0.2) is 4.98 Å². The van der Waals surface area contributed by atoms with Gasteiger partial charge in [-0.15, -0.1) is 0 Å². The number of hydrogen-bond acceptors (Lipinski definition) is 7. The summed E-state index contributed by atoms with van der Waals surface area (Å²) in [6.07, 6.45) is 1.68. The molecule has 0 spiro atoms. The van der Waals surface area contributed by atoms with E-state index in [1.165, 1.54) is 6.07 Å². The first-order chi connectivity index (χ1) is 17.0. The molecule has 10 heteroatoms. The molecule has 176 valence electrons. The van der Waals surface area contributed by atoms with E-state index in [1.807, 2.05) is 6.07 Å². The van der Waals surface area contributed by atoms with E-state index in [-0.39, 0.29) is 24.7 Å². The van der Waals surface area contributed by atoms with Crippen molar-refractivity contribution in [3.8, 4) is 28.6 Å². The van der Waals surface area contributed by atoms with Crippen LogP contribution in [-0.4, -0.2) is 32.3 Å². The number of carbonyl (C=O) groups excluding carboxylic acids is 1. The van der Waals surface area contributed by atoms with Crippen molar-refractivity contribution in [3.05, 3.63) is 104 Å². The predicted molar refractivity (Wildman–Crippen MR) is 125 cm³/mol. The highest BCUT2D eigenvalue weighted by atomic mass is 16.7. The second kappa shape index (κ2) is 9.18. The van der Waals surface area contributed by atoms with Crippen LogP contribution >= 0.6 is 0 Å². The number of fused-ring (bicyclic) bond motifs is 1. The minimum atomic E-state index is -0.840. The lowest BCUT2D eigenvalue weighted by molar-refractivity contribution is 0.0942. The number of nitrogens with one attached hydrogen (secondary N) is 2. The molecule has 3 N–H and O–H groups in total. The number of aromatic amines is 1. The normalized spacial score (nSPS) is 11.9. The van der Waals surface area contributed by atoms with Crippen LogP contribution in [0.15, 0.2) is 76.4 Å². The lowest BCUT2D eigenvalue weighted by Crippen LogP contribution is -2.26. The van der Waals surface area contributed by atoms with Gasteiger partial charge in [-0.2, -0.15) is 0 Å². The fourth-order valence-electron chi connectivity index (χ4n) is 3.68. The highest BCUT2D eigenvalue weighted by Gasteiger charge is 2.19. The Kier molecular flexibility index (Phi) is 5.76. The molecule has 5 rings (SSSR count). The summed E-state index contributed by atoms with van der Waals surface area (Å²) in [4.78, 5) is 43.9. The van der Waals surface area contributed by atoms with Crippen LogP contribution in [0.5, 0.6) is 17.2 Å². The van der Waals surface area contributed by atoms with Crippen LogP contribution in [0.2, 0.25) is 0 Å². The summed E-state index contributed by atoms with van der Waals surface area (Å²) in [6, 6.07) is 17.2. The molecule has 2 aromatic carbocycles. The Balaban J connectivity index is 1.38. The van der Waals surface area contributed by atoms with Gasteiger partial charge in [-0.3, -0.25) is 14.4 Å². The summed E-state index contributed by atoms with van der Waals surface area (Å²) in [6.45, 7) is 0.584. The number of rotatable bonds is 6. The fourth-order valence-corrected chi connectivity index (χ4v) is 3.68. The van der Waals surface area contributed by atoms with Crippen LogP contribution in [0.3, 0.4) is 0 Å². The SMILES string of the molecule is O=C(NCc1ccc2c(c1)OCO2)c1nc(-c2cccc(Cn3ccccc3=O)c2)[nH]c(=O)c1O. The van der Waals surface area contributed by atoms with Crippen molar-refractivity contribution in [2.24, 2.45) is 0 Å². The number of carbonyl (C=O) groups is 1. The molecule has 4 aromatic rings. The van der Waals surface area contributed by atoms with Crippen LogP contribution < -0.4 is 25.9 Å². The summed E-state index contributed by atoms with van der Waals surface area (Å²) >= 11 is 0. The van der Waals surface area contributed by atoms with Gasteiger partial charge in [0.2, 0.25) is 12.5 Å². The number of pyridine rings is 1. The molecule has 0 fully saturated rings. The Morgan fingerprint density at radius 2 is 1.89 bits per heavy atom. The summed E-state index contributed by atoms with van der Waals surface area (Å²) < 4.78 is 12.1. The van der Waals surface area contributed by atoms with E-state index >= 15 is 0 Å². The highest BCUT2D eigenvalue weighted by molar-refractivity contribution is 5.95. The summed E-state index contributed by atoms with van der Waals surface area (Å²) in [5.74, 6) is -0.168. The van der Waals surface area contributed by atoms with Gasteiger partial charge in [-0.1, -0.05) is 30.3 Å². The molecule has 10 nitrogen and oxygen atoms in total. The van der Waals surface area contributed by atoms with Crippen molar-refractivity contribution >= 4 is 5.91 Å². The monoisotopic (exact) mass is 472 g/mol. The maximum absolute atomic E-state index is 12.8. The van der Waals surface area contributed by atoms with Crippen LogP contribution in [0.4, 0.5) is 0 Å². The minimum absolute atomic E-state index is 0.114. The van der Waals surface area contributed by atoms with E-state index in [0.717, 1.165) is 11.1 Å². The average molecular weight is 472 g/mol. The third-order valence-electron chi connectivity index (χ3n) is 5.45. The van der Waals surface area contributed by atoms with E-state index in [0.29, 0.717) is 23.6 Å². The number of hydrogen-bond donors (Lipinski definition) is 3. The molecule has 35 heavy (non-hydrogen) atoms. The van der Waals surface area contributed by atoms with Crippen molar-refractivity contribution in [2.45, 2.75) is 13.1 Å². The molecule has 3 heterocycles. The molecule has 0 unspecified atom stereocenters. The number of nitrogens with zero attached hydrogens (tertiary/aromatic N) is 2. The largest absolute Gasteiger partial charge is 0.501 e. The smallest absolute Gasteiger partial charge is 0.294 e. The number of amides is 1. The lowest BCUT2D eigenvalue weighted by Gasteiger charge is -2.10. The van der Waals surface area contributed by atoms with Crippen molar-refractivity contribution in [2.75, 3.05) is 6.79 Å². The third-order valence-corrected chi connectivity index (χ3v) is 5.45. The van der Waals surface area contributed by atoms with Gasteiger partial charge in [0, 0.05) is 24.4 Å². The molecule has 0 bridgehead atoms. The molecule has 0 atom stereocenters. The van der Waals surface area contributed by atoms with E-state index in [2.05, 4.69) is 15.3 Å². The first-order valence-electron chi connectivity index (χ1n) is 10.7. The van der Waals surface area contributed by atoms with Crippen LogP contribution in [0, 0.1) is 0 Å². The van der Waals surface area contributed by atoms with Gasteiger partial charge < -0.3 is 29.4 Å². The highest BCUT2D eigenvalue weighted by Crippen LogP contribution is 2.32. The second-order valence-electron chi connectivity index (χ2n) is 7.85.